The lowest BCUT2D eigenvalue weighted by molar-refractivity contribution is 0.282. The van der Waals surface area contributed by atoms with Crippen LogP contribution in [0.25, 0.3) is 0 Å². The van der Waals surface area contributed by atoms with Gasteiger partial charge < -0.3 is 15.5 Å². The van der Waals surface area contributed by atoms with Gasteiger partial charge in [0.25, 0.3) is 0 Å². The highest BCUT2D eigenvalue weighted by molar-refractivity contribution is 7.89. The molecule has 164 valence electrons. The lowest BCUT2D eigenvalue weighted by atomic mass is 10.1. The summed E-state index contributed by atoms with van der Waals surface area (Å²) in [6.45, 7) is 7.21. The van der Waals surface area contributed by atoms with E-state index in [9.17, 15) is 12.8 Å². The molecule has 1 aromatic carbocycles. The molecule has 8 heteroatoms. The Kier molecular flexibility index (Phi) is 9.87. The summed E-state index contributed by atoms with van der Waals surface area (Å²) >= 11 is 0. The number of nitrogens with one attached hydrogen (secondary N) is 2. The molecule has 1 aliphatic heterocycles. The molecule has 1 fully saturated rings. The molecule has 0 aromatic heterocycles. The van der Waals surface area contributed by atoms with Crippen molar-refractivity contribution in [1.82, 2.24) is 15.5 Å². The van der Waals surface area contributed by atoms with Gasteiger partial charge in [-0.3, -0.25) is 0 Å². The summed E-state index contributed by atoms with van der Waals surface area (Å²) in [4.78, 5) is 7.06. The molecule has 1 heterocycles. The molecule has 0 bridgehead atoms. The Bertz CT molecular complexity index is 760. The van der Waals surface area contributed by atoms with Gasteiger partial charge in [-0.15, -0.1) is 0 Å². The number of halogens is 1. The van der Waals surface area contributed by atoms with Crippen molar-refractivity contribution in [2.45, 2.75) is 51.3 Å². The number of hydrogen-bond donors (Lipinski definition) is 2. The molecule has 6 nitrogen and oxygen atoms in total. The zero-order valence-corrected chi connectivity index (χ0v) is 18.5. The molecule has 0 radical (unpaired) electrons. The summed E-state index contributed by atoms with van der Waals surface area (Å²) in [7, 11) is -3.20. The summed E-state index contributed by atoms with van der Waals surface area (Å²) in [6.07, 6.45) is 7.48. The molecule has 0 aliphatic carbocycles. The van der Waals surface area contributed by atoms with Crippen LogP contribution in [0.5, 0.6) is 0 Å². The molecule has 2 N–H and O–H groups in total. The van der Waals surface area contributed by atoms with Crippen LogP contribution >= 0.6 is 0 Å². The SMILES string of the molecule is CCNC(=NCc1cc(F)ccc1CS(C)(=O)=O)NCCCN1CCCCCC1. The normalized spacial score (nSPS) is 16.4. The van der Waals surface area contributed by atoms with Gasteiger partial charge in [-0.1, -0.05) is 18.9 Å². The largest absolute Gasteiger partial charge is 0.357 e. The minimum atomic E-state index is -3.20. The van der Waals surface area contributed by atoms with Crippen LogP contribution in [0.2, 0.25) is 0 Å². The van der Waals surface area contributed by atoms with E-state index in [0.29, 0.717) is 17.1 Å². The van der Waals surface area contributed by atoms with Gasteiger partial charge in [-0.25, -0.2) is 17.8 Å². The van der Waals surface area contributed by atoms with Crippen molar-refractivity contribution in [3.63, 3.8) is 0 Å². The van der Waals surface area contributed by atoms with Crippen molar-refractivity contribution in [2.24, 2.45) is 4.99 Å². The third kappa shape index (κ3) is 9.58. The third-order valence-corrected chi connectivity index (χ3v) is 5.82. The number of rotatable bonds is 9. The first-order valence-electron chi connectivity index (χ1n) is 10.6. The van der Waals surface area contributed by atoms with Crippen LogP contribution in [-0.4, -0.2) is 58.3 Å². The fourth-order valence-corrected chi connectivity index (χ4v) is 4.39. The first kappa shape index (κ1) is 23.6. The topological polar surface area (TPSA) is 73.8 Å². The Morgan fingerprint density at radius 3 is 2.52 bits per heavy atom. The number of guanidine groups is 1. The fraction of sp³-hybridized carbons (Fsp3) is 0.667. The Hall–Kier alpha value is -1.67. The average molecular weight is 427 g/mol. The summed E-state index contributed by atoms with van der Waals surface area (Å²) in [5, 5.41) is 6.53. The van der Waals surface area contributed by atoms with Crippen LogP contribution in [0.3, 0.4) is 0 Å². The van der Waals surface area contributed by atoms with Crippen molar-refractivity contribution in [3.05, 3.63) is 35.1 Å². The van der Waals surface area contributed by atoms with Crippen molar-refractivity contribution in [2.75, 3.05) is 39.0 Å². The molecule has 0 atom stereocenters. The minimum absolute atomic E-state index is 0.113. The molecule has 0 saturated carbocycles. The van der Waals surface area contributed by atoms with Crippen LogP contribution in [0.1, 0.15) is 50.2 Å². The molecule has 0 unspecified atom stereocenters. The molecule has 0 amide bonds. The van der Waals surface area contributed by atoms with E-state index in [1.807, 2.05) is 6.92 Å². The Labute approximate surface area is 174 Å². The second-order valence-corrected chi connectivity index (χ2v) is 9.85. The maximum absolute atomic E-state index is 13.7. The quantitative estimate of drug-likeness (QED) is 0.361. The van der Waals surface area contributed by atoms with Crippen LogP contribution in [-0.2, 0) is 22.1 Å². The first-order chi connectivity index (χ1) is 13.9. The molecule has 29 heavy (non-hydrogen) atoms. The van der Waals surface area contributed by atoms with E-state index in [1.54, 1.807) is 0 Å². The van der Waals surface area contributed by atoms with E-state index >= 15 is 0 Å². The minimum Gasteiger partial charge on any atom is -0.357 e. The van der Waals surface area contributed by atoms with Gasteiger partial charge in [0.15, 0.2) is 15.8 Å². The highest BCUT2D eigenvalue weighted by atomic mass is 32.2. The predicted molar refractivity (Wildman–Crippen MR) is 117 cm³/mol. The molecule has 0 spiro atoms. The summed E-state index contributed by atoms with van der Waals surface area (Å²) in [6, 6.07) is 4.19. The number of aliphatic imine (C=N–C) groups is 1. The van der Waals surface area contributed by atoms with E-state index < -0.39 is 9.84 Å². The monoisotopic (exact) mass is 426 g/mol. The van der Waals surface area contributed by atoms with Crippen molar-refractivity contribution in [3.8, 4) is 0 Å². The van der Waals surface area contributed by atoms with E-state index in [2.05, 4.69) is 20.5 Å². The number of sulfone groups is 1. The van der Waals surface area contributed by atoms with E-state index in [1.165, 1.54) is 63.2 Å². The summed E-state index contributed by atoms with van der Waals surface area (Å²) in [5.41, 5.74) is 1.19. The number of benzene rings is 1. The van der Waals surface area contributed by atoms with Gasteiger partial charge in [0.2, 0.25) is 0 Å². The van der Waals surface area contributed by atoms with Gasteiger partial charge in [0, 0.05) is 19.3 Å². The van der Waals surface area contributed by atoms with Crippen LogP contribution < -0.4 is 10.6 Å². The zero-order valence-electron chi connectivity index (χ0n) is 17.7. The maximum Gasteiger partial charge on any atom is 0.191 e. The van der Waals surface area contributed by atoms with Gasteiger partial charge in [-0.05, 0) is 69.1 Å². The fourth-order valence-electron chi connectivity index (χ4n) is 3.54. The lowest BCUT2D eigenvalue weighted by Gasteiger charge is -2.20. The predicted octanol–water partition coefficient (Wildman–Crippen LogP) is 2.69. The summed E-state index contributed by atoms with van der Waals surface area (Å²) < 4.78 is 37.0. The number of likely N-dealkylation sites (tertiary alicyclic amines) is 1. The number of nitrogens with zero attached hydrogens (tertiary/aromatic N) is 2. The molecule has 2 rings (SSSR count). The molecule has 1 saturated heterocycles. The maximum atomic E-state index is 13.7. The van der Waals surface area contributed by atoms with Gasteiger partial charge >= 0.3 is 0 Å². The highest BCUT2D eigenvalue weighted by Crippen LogP contribution is 2.15. The second-order valence-electron chi connectivity index (χ2n) is 7.71. The van der Waals surface area contributed by atoms with Gasteiger partial charge in [-0.2, -0.15) is 0 Å². The van der Waals surface area contributed by atoms with Crippen molar-refractivity contribution >= 4 is 15.8 Å². The Morgan fingerprint density at radius 2 is 1.86 bits per heavy atom. The Morgan fingerprint density at radius 1 is 1.14 bits per heavy atom. The van der Waals surface area contributed by atoms with E-state index in [-0.39, 0.29) is 18.1 Å². The van der Waals surface area contributed by atoms with E-state index in [4.69, 9.17) is 0 Å². The standard InChI is InChI=1S/C21H35FN4O2S/c1-3-23-21(24-11-8-14-26-12-6-4-5-7-13-26)25-16-19-15-20(22)10-9-18(19)17-29(2,27)28/h9-10,15H,3-8,11-14,16-17H2,1-2H3,(H2,23,24,25). The smallest absolute Gasteiger partial charge is 0.191 e. The van der Waals surface area contributed by atoms with Crippen molar-refractivity contribution in [1.29, 1.82) is 0 Å². The van der Waals surface area contributed by atoms with Crippen LogP contribution in [0.15, 0.2) is 23.2 Å². The lowest BCUT2D eigenvalue weighted by Crippen LogP contribution is -2.39. The van der Waals surface area contributed by atoms with Crippen LogP contribution in [0.4, 0.5) is 4.39 Å². The average Bonchev–Trinajstić information content (AvgIpc) is 2.93. The molecule has 1 aliphatic rings. The van der Waals surface area contributed by atoms with E-state index in [0.717, 1.165) is 26.1 Å². The van der Waals surface area contributed by atoms with Crippen LogP contribution in [0, 0.1) is 5.82 Å². The first-order valence-corrected chi connectivity index (χ1v) is 12.6. The third-order valence-electron chi connectivity index (χ3n) is 4.98. The molecular weight excluding hydrogens is 391 g/mol. The number of hydrogen-bond acceptors (Lipinski definition) is 4. The highest BCUT2D eigenvalue weighted by Gasteiger charge is 2.11. The van der Waals surface area contributed by atoms with Gasteiger partial charge in [0.05, 0.1) is 12.3 Å². The second kappa shape index (κ2) is 12.1. The van der Waals surface area contributed by atoms with Crippen molar-refractivity contribution < 1.29 is 12.8 Å². The Balaban J connectivity index is 1.92. The zero-order chi connectivity index (χ0) is 21.1. The molecule has 1 aromatic rings. The van der Waals surface area contributed by atoms with Gasteiger partial charge in [0.1, 0.15) is 5.82 Å². The summed E-state index contributed by atoms with van der Waals surface area (Å²) in [5.74, 6) is 0.165. The molecular formula is C21H35FN4O2S.